The van der Waals surface area contributed by atoms with E-state index >= 15 is 0 Å². The van der Waals surface area contributed by atoms with Crippen molar-refractivity contribution < 1.29 is 18.8 Å². The highest BCUT2D eigenvalue weighted by molar-refractivity contribution is 7.98. The van der Waals surface area contributed by atoms with E-state index in [0.717, 1.165) is 0 Å². The first kappa shape index (κ1) is 19.8. The molecule has 0 fully saturated rings. The minimum atomic E-state index is -1.08. The Morgan fingerprint density at radius 3 is 2.62 bits per heavy atom. The molecule has 32 heavy (non-hydrogen) atoms. The van der Waals surface area contributed by atoms with Gasteiger partial charge >= 0.3 is 5.97 Å². The summed E-state index contributed by atoms with van der Waals surface area (Å²) < 4.78 is 12.2. The van der Waals surface area contributed by atoms with Gasteiger partial charge in [0.25, 0.3) is 5.56 Å². The number of carboxylic acids is 1. The first-order chi connectivity index (χ1) is 15.6. The monoisotopic (exact) mass is 445 g/mol. The normalized spacial score (nSPS) is 11.1. The minimum Gasteiger partial charge on any atom is -0.478 e. The third kappa shape index (κ3) is 3.69. The van der Waals surface area contributed by atoms with Gasteiger partial charge in [0.2, 0.25) is 5.76 Å². The van der Waals surface area contributed by atoms with Gasteiger partial charge in [-0.2, -0.15) is 0 Å². The zero-order valence-corrected chi connectivity index (χ0v) is 17.3. The molecule has 0 radical (unpaired) electrons. The van der Waals surface area contributed by atoms with Crippen LogP contribution in [-0.2, 0) is 5.75 Å². The second-order valence-corrected chi connectivity index (χ2v) is 7.80. The Labute approximate surface area is 185 Å². The van der Waals surface area contributed by atoms with Crippen LogP contribution in [-0.4, -0.2) is 25.8 Å². The third-order valence-corrected chi connectivity index (χ3v) is 5.74. The summed E-state index contributed by atoms with van der Waals surface area (Å²) in [4.78, 5) is 29.3. The van der Waals surface area contributed by atoms with E-state index in [-0.39, 0.29) is 11.1 Å². The number of carbonyl (C=O) groups is 1. The first-order valence-electron chi connectivity index (χ1n) is 9.58. The van der Waals surface area contributed by atoms with Crippen molar-refractivity contribution in [3.05, 3.63) is 94.6 Å². The lowest BCUT2D eigenvalue weighted by Gasteiger charge is -2.13. The van der Waals surface area contributed by atoms with Gasteiger partial charge in [-0.15, -0.1) is 0 Å². The standard InChI is InChI=1S/C23H15N3O5S/c27-21-17-9-8-14(22(28)29)11-18(17)24-23(26(21)16-5-2-1-3-6-16)32-13-15-12-20(31-25-15)19-7-4-10-30-19/h1-12H,13H2,(H,28,29). The van der Waals surface area contributed by atoms with Crippen molar-refractivity contribution in [2.24, 2.45) is 0 Å². The maximum atomic E-state index is 13.3. The highest BCUT2D eigenvalue weighted by Crippen LogP contribution is 2.27. The fraction of sp³-hybridized carbons (Fsp3) is 0.0435. The quantitative estimate of drug-likeness (QED) is 0.298. The van der Waals surface area contributed by atoms with Crippen LogP contribution in [0.5, 0.6) is 0 Å². The smallest absolute Gasteiger partial charge is 0.335 e. The van der Waals surface area contributed by atoms with Crippen LogP contribution >= 0.6 is 11.8 Å². The van der Waals surface area contributed by atoms with Crippen molar-refractivity contribution in [2.45, 2.75) is 10.9 Å². The molecule has 0 saturated carbocycles. The largest absolute Gasteiger partial charge is 0.478 e. The molecule has 0 aliphatic carbocycles. The van der Waals surface area contributed by atoms with Crippen LogP contribution in [0, 0.1) is 0 Å². The van der Waals surface area contributed by atoms with Crippen LogP contribution in [0.1, 0.15) is 16.1 Å². The molecule has 158 valence electrons. The molecule has 8 nitrogen and oxygen atoms in total. The number of hydrogen-bond donors (Lipinski definition) is 1. The Kier molecular flexibility index (Phi) is 5.08. The summed E-state index contributed by atoms with van der Waals surface area (Å²) in [6.07, 6.45) is 1.55. The van der Waals surface area contributed by atoms with E-state index in [2.05, 4.69) is 10.1 Å². The molecule has 0 atom stereocenters. The van der Waals surface area contributed by atoms with Gasteiger partial charge in [-0.3, -0.25) is 9.36 Å². The van der Waals surface area contributed by atoms with Crippen molar-refractivity contribution in [3.8, 4) is 17.2 Å². The predicted octanol–water partition coefficient (Wildman–Crippen LogP) is 4.62. The third-order valence-electron chi connectivity index (χ3n) is 4.77. The Bertz CT molecular complexity index is 1470. The van der Waals surface area contributed by atoms with Crippen LogP contribution in [0.25, 0.3) is 28.1 Å². The van der Waals surface area contributed by atoms with Gasteiger partial charge in [0.15, 0.2) is 10.9 Å². The van der Waals surface area contributed by atoms with Gasteiger partial charge in [-0.25, -0.2) is 9.78 Å². The van der Waals surface area contributed by atoms with Gasteiger partial charge < -0.3 is 14.0 Å². The van der Waals surface area contributed by atoms with Gasteiger partial charge in [-0.05, 0) is 42.5 Å². The van der Waals surface area contributed by atoms with Gasteiger partial charge in [0.05, 0.1) is 34.1 Å². The molecule has 0 spiro atoms. The van der Waals surface area contributed by atoms with E-state index in [4.69, 9.17) is 8.94 Å². The Hall–Kier alpha value is -4.11. The minimum absolute atomic E-state index is 0.0670. The summed E-state index contributed by atoms with van der Waals surface area (Å²) in [5.41, 5.74) is 1.42. The molecule has 0 bridgehead atoms. The number of para-hydroxylation sites is 1. The molecule has 5 rings (SSSR count). The van der Waals surface area contributed by atoms with Crippen molar-refractivity contribution >= 4 is 28.6 Å². The number of aromatic carboxylic acids is 1. The molecular formula is C23H15N3O5S. The molecule has 9 heteroatoms. The Morgan fingerprint density at radius 1 is 1.03 bits per heavy atom. The van der Waals surface area contributed by atoms with Crippen LogP contribution in [0.15, 0.2) is 91.9 Å². The van der Waals surface area contributed by atoms with Crippen LogP contribution in [0.3, 0.4) is 0 Å². The number of furan rings is 1. The molecule has 0 unspecified atom stereocenters. The topological polar surface area (TPSA) is 111 Å². The summed E-state index contributed by atoms with van der Waals surface area (Å²) in [5, 5.41) is 14.1. The molecule has 1 N–H and O–H groups in total. The molecule has 5 aromatic rings. The fourth-order valence-corrected chi connectivity index (χ4v) is 4.15. The van der Waals surface area contributed by atoms with E-state index in [1.165, 1.54) is 34.5 Å². The summed E-state index contributed by atoms with van der Waals surface area (Å²) in [6.45, 7) is 0. The molecule has 3 heterocycles. The number of rotatable bonds is 6. The summed E-state index contributed by atoms with van der Waals surface area (Å²) in [7, 11) is 0. The number of fused-ring (bicyclic) bond motifs is 1. The van der Waals surface area contributed by atoms with E-state index in [9.17, 15) is 14.7 Å². The Morgan fingerprint density at radius 2 is 1.88 bits per heavy atom. The SMILES string of the molecule is O=C(O)c1ccc2c(=O)n(-c3ccccc3)c(SCc3cc(-c4ccco4)on3)nc2c1. The lowest BCUT2D eigenvalue weighted by Crippen LogP contribution is -2.22. The number of nitrogens with zero attached hydrogens (tertiary/aromatic N) is 3. The van der Waals surface area contributed by atoms with Crippen LogP contribution in [0.2, 0.25) is 0 Å². The maximum absolute atomic E-state index is 13.3. The zero-order chi connectivity index (χ0) is 22.1. The molecule has 0 amide bonds. The summed E-state index contributed by atoms with van der Waals surface area (Å²) in [6, 6.07) is 18.8. The average molecular weight is 445 g/mol. The zero-order valence-electron chi connectivity index (χ0n) is 16.5. The van der Waals surface area contributed by atoms with E-state index < -0.39 is 5.97 Å². The molecule has 0 aliphatic rings. The first-order valence-corrected chi connectivity index (χ1v) is 10.6. The van der Waals surface area contributed by atoms with Gasteiger partial charge in [-0.1, -0.05) is 35.1 Å². The van der Waals surface area contributed by atoms with E-state index in [0.29, 0.717) is 44.7 Å². The van der Waals surface area contributed by atoms with Gasteiger partial charge in [0, 0.05) is 11.8 Å². The average Bonchev–Trinajstić information content (AvgIpc) is 3.50. The number of hydrogen-bond acceptors (Lipinski definition) is 7. The summed E-state index contributed by atoms with van der Waals surface area (Å²) in [5.74, 6) is 0.375. The number of carboxylic acid groups (broad SMARTS) is 1. The number of aromatic nitrogens is 3. The van der Waals surface area contributed by atoms with Crippen molar-refractivity contribution in [1.82, 2.24) is 14.7 Å². The molecule has 0 saturated heterocycles. The fourth-order valence-electron chi connectivity index (χ4n) is 3.25. The van der Waals surface area contributed by atoms with Gasteiger partial charge in [0.1, 0.15) is 0 Å². The number of benzene rings is 2. The Balaban J connectivity index is 1.56. The summed E-state index contributed by atoms with van der Waals surface area (Å²) >= 11 is 1.30. The highest BCUT2D eigenvalue weighted by Gasteiger charge is 2.16. The van der Waals surface area contributed by atoms with Crippen molar-refractivity contribution in [1.29, 1.82) is 0 Å². The second-order valence-electron chi connectivity index (χ2n) is 6.86. The van der Waals surface area contributed by atoms with Crippen molar-refractivity contribution in [2.75, 3.05) is 0 Å². The molecule has 0 aliphatic heterocycles. The maximum Gasteiger partial charge on any atom is 0.335 e. The van der Waals surface area contributed by atoms with E-state index in [1.54, 1.807) is 24.5 Å². The van der Waals surface area contributed by atoms with E-state index in [1.807, 2.05) is 30.3 Å². The molecule has 2 aromatic carbocycles. The molecular weight excluding hydrogens is 430 g/mol. The van der Waals surface area contributed by atoms with Crippen LogP contribution < -0.4 is 5.56 Å². The number of thioether (sulfide) groups is 1. The second kappa shape index (κ2) is 8.20. The lowest BCUT2D eigenvalue weighted by atomic mass is 10.1. The lowest BCUT2D eigenvalue weighted by molar-refractivity contribution is 0.0697. The van der Waals surface area contributed by atoms with Crippen molar-refractivity contribution in [3.63, 3.8) is 0 Å². The predicted molar refractivity (Wildman–Crippen MR) is 118 cm³/mol. The van der Waals surface area contributed by atoms with Crippen LogP contribution in [0.4, 0.5) is 0 Å². The molecule has 3 aromatic heterocycles. The highest BCUT2D eigenvalue weighted by atomic mass is 32.2.